The molecule has 0 aromatic heterocycles. The van der Waals surface area contributed by atoms with Crippen molar-refractivity contribution < 1.29 is 14.4 Å². The first-order valence-electron chi connectivity index (χ1n) is 9.67. The van der Waals surface area contributed by atoms with Gasteiger partial charge in [0.25, 0.3) is 5.91 Å². The Morgan fingerprint density at radius 1 is 1.26 bits per heavy atom. The van der Waals surface area contributed by atoms with Gasteiger partial charge in [0, 0.05) is 37.7 Å². The zero-order chi connectivity index (χ0) is 19.1. The lowest BCUT2D eigenvalue weighted by Crippen LogP contribution is -2.52. The van der Waals surface area contributed by atoms with Gasteiger partial charge in [0.1, 0.15) is 6.04 Å². The van der Waals surface area contributed by atoms with Crippen LogP contribution in [-0.4, -0.2) is 52.7 Å². The minimum atomic E-state index is -0.560. The van der Waals surface area contributed by atoms with Crippen molar-refractivity contribution in [3.63, 3.8) is 0 Å². The van der Waals surface area contributed by atoms with Crippen LogP contribution in [0, 0.1) is 5.92 Å². The Kier molecular flexibility index (Phi) is 4.74. The van der Waals surface area contributed by atoms with Crippen LogP contribution in [0.25, 0.3) is 0 Å². The molecule has 1 aromatic carbocycles. The number of nitrogens with zero attached hydrogens (tertiary/aromatic N) is 2. The highest BCUT2D eigenvalue weighted by atomic mass is 16.2. The van der Waals surface area contributed by atoms with Crippen LogP contribution in [-0.2, 0) is 22.7 Å². The summed E-state index contributed by atoms with van der Waals surface area (Å²) in [6.07, 6.45) is 1.79. The van der Waals surface area contributed by atoms with Crippen LogP contribution in [0.15, 0.2) is 18.2 Å². The van der Waals surface area contributed by atoms with Crippen molar-refractivity contribution in [2.75, 3.05) is 13.1 Å². The summed E-state index contributed by atoms with van der Waals surface area (Å²) in [4.78, 5) is 40.3. The van der Waals surface area contributed by atoms with Crippen LogP contribution in [0.4, 0.5) is 0 Å². The highest BCUT2D eigenvalue weighted by molar-refractivity contribution is 6.05. The fraction of sp³-hybridized carbons (Fsp3) is 0.550. The minimum absolute atomic E-state index is 0.121. The molecule has 0 aliphatic carbocycles. The van der Waals surface area contributed by atoms with Crippen molar-refractivity contribution in [2.24, 2.45) is 11.7 Å². The van der Waals surface area contributed by atoms with Gasteiger partial charge in [0.2, 0.25) is 11.8 Å². The van der Waals surface area contributed by atoms with E-state index in [2.05, 4.69) is 23.2 Å². The molecular weight excluding hydrogens is 344 g/mol. The molecule has 0 radical (unpaired) electrons. The standard InChI is InChI=1S/C20H26N4O3/c1-12-6-14(8-21)10-23(12)9-13-2-3-16-15(7-13)11-24(20(16)27)17-4-5-18(25)22-19(17)26/h2-3,7,12,14,17H,4-6,8-11,21H2,1H3,(H,22,25,26). The van der Waals surface area contributed by atoms with Crippen molar-refractivity contribution in [1.82, 2.24) is 15.1 Å². The van der Waals surface area contributed by atoms with Crippen molar-refractivity contribution >= 4 is 17.7 Å². The largest absolute Gasteiger partial charge is 0.330 e. The Morgan fingerprint density at radius 3 is 2.78 bits per heavy atom. The number of imide groups is 1. The monoisotopic (exact) mass is 370 g/mol. The highest BCUT2D eigenvalue weighted by Gasteiger charge is 2.39. The normalized spacial score (nSPS) is 28.6. The van der Waals surface area contributed by atoms with Gasteiger partial charge in [0.15, 0.2) is 0 Å². The maximum atomic E-state index is 12.7. The van der Waals surface area contributed by atoms with E-state index in [4.69, 9.17) is 5.73 Å². The molecule has 3 heterocycles. The second-order valence-electron chi connectivity index (χ2n) is 8.01. The number of hydrogen-bond acceptors (Lipinski definition) is 5. The fourth-order valence-electron chi connectivity index (χ4n) is 4.57. The molecule has 144 valence electrons. The molecule has 7 nitrogen and oxygen atoms in total. The first-order valence-corrected chi connectivity index (χ1v) is 9.67. The number of nitrogens with one attached hydrogen (secondary N) is 1. The lowest BCUT2D eigenvalue weighted by atomic mass is 10.0. The Balaban J connectivity index is 1.48. The van der Waals surface area contributed by atoms with Crippen molar-refractivity contribution in [2.45, 2.75) is 51.4 Å². The van der Waals surface area contributed by atoms with Gasteiger partial charge >= 0.3 is 0 Å². The molecule has 3 atom stereocenters. The zero-order valence-corrected chi connectivity index (χ0v) is 15.6. The molecule has 7 heteroatoms. The Bertz CT molecular complexity index is 793. The summed E-state index contributed by atoms with van der Waals surface area (Å²) in [5.74, 6) is -0.202. The topological polar surface area (TPSA) is 95.7 Å². The molecule has 3 unspecified atom stereocenters. The minimum Gasteiger partial charge on any atom is -0.330 e. The Morgan fingerprint density at radius 2 is 2.07 bits per heavy atom. The lowest BCUT2D eigenvalue weighted by Gasteiger charge is -2.29. The SMILES string of the molecule is CC1CC(CN)CN1Cc1ccc2c(c1)CN(C1CCC(=O)NC1=O)C2=O. The number of carbonyl (C=O) groups excluding carboxylic acids is 3. The quantitative estimate of drug-likeness (QED) is 0.758. The number of benzene rings is 1. The number of fused-ring (bicyclic) bond motifs is 1. The van der Waals surface area contributed by atoms with E-state index in [-0.39, 0.29) is 24.1 Å². The van der Waals surface area contributed by atoms with E-state index in [1.807, 2.05) is 12.1 Å². The molecule has 3 N–H and O–H groups in total. The van der Waals surface area contributed by atoms with Crippen LogP contribution in [0.5, 0.6) is 0 Å². The van der Waals surface area contributed by atoms with Gasteiger partial charge in [-0.1, -0.05) is 12.1 Å². The molecule has 0 saturated carbocycles. The predicted octanol–water partition coefficient (Wildman–Crippen LogP) is 0.617. The molecule has 27 heavy (non-hydrogen) atoms. The summed E-state index contributed by atoms with van der Waals surface area (Å²) in [5, 5.41) is 2.34. The first kappa shape index (κ1) is 18.1. The fourth-order valence-corrected chi connectivity index (χ4v) is 4.57. The number of rotatable bonds is 4. The Labute approximate surface area is 158 Å². The Hall–Kier alpha value is -2.25. The summed E-state index contributed by atoms with van der Waals surface area (Å²) < 4.78 is 0. The second kappa shape index (κ2) is 7.05. The third kappa shape index (κ3) is 3.37. The molecule has 3 aliphatic heterocycles. The number of piperidine rings is 1. The van der Waals surface area contributed by atoms with Crippen LogP contribution in [0.2, 0.25) is 0 Å². The van der Waals surface area contributed by atoms with Crippen molar-refractivity contribution in [3.05, 3.63) is 34.9 Å². The molecule has 2 fully saturated rings. The van der Waals surface area contributed by atoms with E-state index >= 15 is 0 Å². The van der Waals surface area contributed by atoms with E-state index in [9.17, 15) is 14.4 Å². The van der Waals surface area contributed by atoms with E-state index in [0.717, 1.165) is 31.6 Å². The van der Waals surface area contributed by atoms with E-state index in [1.54, 1.807) is 4.90 Å². The third-order valence-corrected chi connectivity index (χ3v) is 6.10. The first-order chi connectivity index (χ1) is 13.0. The molecule has 4 rings (SSSR count). The maximum absolute atomic E-state index is 12.7. The predicted molar refractivity (Wildman–Crippen MR) is 99.5 cm³/mol. The zero-order valence-electron chi connectivity index (χ0n) is 15.6. The summed E-state index contributed by atoms with van der Waals surface area (Å²) in [6, 6.07) is 5.91. The lowest BCUT2D eigenvalue weighted by molar-refractivity contribution is -0.136. The van der Waals surface area contributed by atoms with Crippen molar-refractivity contribution in [3.8, 4) is 0 Å². The molecule has 2 saturated heterocycles. The molecule has 3 amide bonds. The van der Waals surface area contributed by atoms with Crippen LogP contribution >= 0.6 is 0 Å². The smallest absolute Gasteiger partial charge is 0.255 e. The van der Waals surface area contributed by atoms with Gasteiger partial charge in [-0.15, -0.1) is 0 Å². The maximum Gasteiger partial charge on any atom is 0.255 e. The van der Waals surface area contributed by atoms with Gasteiger partial charge in [-0.2, -0.15) is 0 Å². The summed E-state index contributed by atoms with van der Waals surface area (Å²) in [6.45, 7) is 5.24. The van der Waals surface area contributed by atoms with Gasteiger partial charge in [-0.05, 0) is 49.4 Å². The number of amides is 3. The summed E-state index contributed by atoms with van der Waals surface area (Å²) in [5.41, 5.74) is 8.63. The van der Waals surface area contributed by atoms with E-state index in [0.29, 0.717) is 30.5 Å². The van der Waals surface area contributed by atoms with E-state index in [1.165, 1.54) is 5.56 Å². The average molecular weight is 370 g/mol. The molecule has 0 spiro atoms. The molecular formula is C20H26N4O3. The average Bonchev–Trinajstić information content (AvgIpc) is 3.15. The van der Waals surface area contributed by atoms with Gasteiger partial charge in [0.05, 0.1) is 0 Å². The molecule has 0 bridgehead atoms. The van der Waals surface area contributed by atoms with Crippen molar-refractivity contribution in [1.29, 1.82) is 0 Å². The number of likely N-dealkylation sites (tertiary alicyclic amines) is 1. The number of carbonyl (C=O) groups is 3. The second-order valence-corrected chi connectivity index (χ2v) is 8.01. The summed E-state index contributed by atoms with van der Waals surface area (Å²) >= 11 is 0. The van der Waals surface area contributed by atoms with Gasteiger partial charge in [-0.3, -0.25) is 24.6 Å². The van der Waals surface area contributed by atoms with Gasteiger partial charge in [-0.25, -0.2) is 0 Å². The van der Waals surface area contributed by atoms with Crippen LogP contribution in [0.1, 0.15) is 47.7 Å². The van der Waals surface area contributed by atoms with Gasteiger partial charge < -0.3 is 10.6 Å². The van der Waals surface area contributed by atoms with Crippen LogP contribution in [0.3, 0.4) is 0 Å². The summed E-state index contributed by atoms with van der Waals surface area (Å²) in [7, 11) is 0. The highest BCUT2D eigenvalue weighted by Crippen LogP contribution is 2.30. The molecule has 3 aliphatic rings. The number of nitrogens with two attached hydrogens (primary N) is 1. The number of hydrogen-bond donors (Lipinski definition) is 2. The van der Waals surface area contributed by atoms with Crippen LogP contribution < -0.4 is 11.1 Å². The molecule has 1 aromatic rings. The van der Waals surface area contributed by atoms with E-state index < -0.39 is 6.04 Å². The third-order valence-electron chi connectivity index (χ3n) is 6.10.